The Morgan fingerprint density at radius 1 is 1.22 bits per heavy atom. The third kappa shape index (κ3) is 3.15. The highest BCUT2D eigenvalue weighted by atomic mass is 15.3. The lowest BCUT2D eigenvalue weighted by Gasteiger charge is -2.35. The monoisotopic (exact) mass is 309 g/mol. The van der Waals surface area contributed by atoms with Crippen molar-refractivity contribution in [3.8, 4) is 0 Å². The number of piperidine rings is 1. The van der Waals surface area contributed by atoms with Crippen LogP contribution in [0.3, 0.4) is 0 Å². The Bertz CT molecular complexity index is 754. The van der Waals surface area contributed by atoms with Crippen molar-refractivity contribution in [1.82, 2.24) is 24.1 Å². The minimum Gasteiger partial charge on any atom is -0.307 e. The van der Waals surface area contributed by atoms with Gasteiger partial charge in [0, 0.05) is 31.2 Å². The van der Waals surface area contributed by atoms with Crippen LogP contribution in [0.5, 0.6) is 0 Å². The molecule has 5 nitrogen and oxygen atoms in total. The summed E-state index contributed by atoms with van der Waals surface area (Å²) < 4.78 is 4.19. The molecular weight excluding hydrogens is 286 g/mol. The van der Waals surface area contributed by atoms with Crippen molar-refractivity contribution in [1.29, 1.82) is 0 Å². The van der Waals surface area contributed by atoms with Gasteiger partial charge in [-0.1, -0.05) is 12.5 Å². The molecule has 4 heterocycles. The maximum Gasteiger partial charge on any atom is 0.137 e. The van der Waals surface area contributed by atoms with Gasteiger partial charge in [0.1, 0.15) is 5.65 Å². The van der Waals surface area contributed by atoms with Gasteiger partial charge in [0.15, 0.2) is 0 Å². The fraction of sp³-hybridized carbons (Fsp3) is 0.444. The summed E-state index contributed by atoms with van der Waals surface area (Å²) in [5.41, 5.74) is 3.41. The largest absolute Gasteiger partial charge is 0.307 e. The van der Waals surface area contributed by atoms with E-state index in [-0.39, 0.29) is 0 Å². The van der Waals surface area contributed by atoms with Gasteiger partial charge in [-0.05, 0) is 44.0 Å². The molecule has 1 fully saturated rings. The first-order chi connectivity index (χ1) is 11.3. The average molecular weight is 309 g/mol. The Labute approximate surface area is 136 Å². The van der Waals surface area contributed by atoms with Gasteiger partial charge in [-0.15, -0.1) is 0 Å². The fourth-order valence-electron chi connectivity index (χ4n) is 3.53. The topological polar surface area (TPSA) is 38.4 Å². The molecule has 0 amide bonds. The SMILES string of the molecule is Cc1cnn(C[C@H]2CCCCN2Cc2cn3ccccc3n2)c1. The second-order valence-electron chi connectivity index (χ2n) is 6.56. The number of fused-ring (bicyclic) bond motifs is 1. The molecule has 1 aliphatic rings. The minimum atomic E-state index is 0.549. The molecule has 0 radical (unpaired) electrons. The van der Waals surface area contributed by atoms with Gasteiger partial charge in [0.25, 0.3) is 0 Å². The molecule has 1 atom stereocenters. The van der Waals surface area contributed by atoms with Crippen molar-refractivity contribution in [2.75, 3.05) is 6.54 Å². The van der Waals surface area contributed by atoms with E-state index in [1.165, 1.54) is 24.8 Å². The molecule has 0 unspecified atom stereocenters. The highest BCUT2D eigenvalue weighted by Gasteiger charge is 2.23. The summed E-state index contributed by atoms with van der Waals surface area (Å²) in [7, 11) is 0. The van der Waals surface area contributed by atoms with E-state index in [1.807, 2.05) is 18.3 Å². The second kappa shape index (κ2) is 6.16. The highest BCUT2D eigenvalue weighted by molar-refractivity contribution is 5.39. The van der Waals surface area contributed by atoms with Crippen molar-refractivity contribution in [3.63, 3.8) is 0 Å². The zero-order valence-electron chi connectivity index (χ0n) is 13.6. The molecule has 1 aliphatic heterocycles. The molecule has 3 aromatic rings. The van der Waals surface area contributed by atoms with E-state index in [9.17, 15) is 0 Å². The summed E-state index contributed by atoms with van der Waals surface area (Å²) in [6, 6.07) is 6.69. The summed E-state index contributed by atoms with van der Waals surface area (Å²) in [5, 5.41) is 4.46. The Morgan fingerprint density at radius 3 is 3.00 bits per heavy atom. The normalized spacial score (nSPS) is 19.4. The molecular formula is C18H23N5. The van der Waals surface area contributed by atoms with Crippen LogP contribution in [-0.4, -0.2) is 36.7 Å². The van der Waals surface area contributed by atoms with E-state index < -0.39 is 0 Å². The maximum absolute atomic E-state index is 4.75. The zero-order valence-corrected chi connectivity index (χ0v) is 13.6. The van der Waals surface area contributed by atoms with Crippen molar-refractivity contribution in [3.05, 3.63) is 54.2 Å². The molecule has 120 valence electrons. The lowest BCUT2D eigenvalue weighted by Crippen LogP contribution is -2.41. The maximum atomic E-state index is 4.75. The number of aromatic nitrogens is 4. The summed E-state index contributed by atoms with van der Waals surface area (Å²) in [4.78, 5) is 7.32. The van der Waals surface area contributed by atoms with Crippen LogP contribution < -0.4 is 0 Å². The van der Waals surface area contributed by atoms with E-state index in [2.05, 4.69) is 50.7 Å². The van der Waals surface area contributed by atoms with Crippen LogP contribution in [0, 0.1) is 6.92 Å². The Balaban J connectivity index is 1.50. The first kappa shape index (κ1) is 14.5. The standard InChI is InChI=1S/C18H23N5/c1-15-10-19-23(11-15)14-17-6-2-4-8-21(17)12-16-13-22-9-5-3-7-18(22)20-16/h3,5,7,9-11,13,17H,2,4,6,8,12,14H2,1H3/t17-/m1/s1. The van der Waals surface area contributed by atoms with E-state index in [0.29, 0.717) is 6.04 Å². The summed E-state index contributed by atoms with van der Waals surface area (Å²) in [6.07, 6.45) is 12.1. The molecule has 5 heteroatoms. The molecule has 0 bridgehead atoms. The molecule has 0 N–H and O–H groups in total. The Hall–Kier alpha value is -2.14. The lowest BCUT2D eigenvalue weighted by molar-refractivity contribution is 0.120. The number of pyridine rings is 1. The van der Waals surface area contributed by atoms with Crippen LogP contribution in [0.15, 0.2) is 43.0 Å². The van der Waals surface area contributed by atoms with Gasteiger partial charge in [-0.2, -0.15) is 5.10 Å². The third-order valence-corrected chi connectivity index (χ3v) is 4.69. The van der Waals surface area contributed by atoms with Gasteiger partial charge in [0.2, 0.25) is 0 Å². The molecule has 4 rings (SSSR count). The van der Waals surface area contributed by atoms with Gasteiger partial charge in [-0.25, -0.2) is 4.98 Å². The predicted octanol–water partition coefficient (Wildman–Crippen LogP) is 2.89. The molecule has 3 aromatic heterocycles. The highest BCUT2D eigenvalue weighted by Crippen LogP contribution is 2.21. The van der Waals surface area contributed by atoms with Crippen LogP contribution in [0.25, 0.3) is 5.65 Å². The quantitative estimate of drug-likeness (QED) is 0.744. The summed E-state index contributed by atoms with van der Waals surface area (Å²) in [6.45, 7) is 5.14. The molecule has 0 saturated carbocycles. The van der Waals surface area contributed by atoms with Crippen LogP contribution in [0.1, 0.15) is 30.5 Å². The molecule has 1 saturated heterocycles. The zero-order chi connectivity index (χ0) is 15.6. The van der Waals surface area contributed by atoms with Crippen molar-refractivity contribution in [2.24, 2.45) is 0 Å². The smallest absolute Gasteiger partial charge is 0.137 e. The van der Waals surface area contributed by atoms with E-state index in [0.717, 1.165) is 31.0 Å². The number of likely N-dealkylation sites (tertiary alicyclic amines) is 1. The Morgan fingerprint density at radius 2 is 2.17 bits per heavy atom. The van der Waals surface area contributed by atoms with E-state index >= 15 is 0 Å². The molecule has 23 heavy (non-hydrogen) atoms. The fourth-order valence-corrected chi connectivity index (χ4v) is 3.53. The molecule has 0 aliphatic carbocycles. The first-order valence-corrected chi connectivity index (χ1v) is 8.44. The van der Waals surface area contributed by atoms with Crippen LogP contribution in [0.4, 0.5) is 0 Å². The van der Waals surface area contributed by atoms with Gasteiger partial charge in [0.05, 0.1) is 18.4 Å². The number of rotatable bonds is 4. The van der Waals surface area contributed by atoms with Crippen LogP contribution in [0.2, 0.25) is 0 Å². The van der Waals surface area contributed by atoms with E-state index in [4.69, 9.17) is 4.98 Å². The van der Waals surface area contributed by atoms with Crippen LogP contribution in [-0.2, 0) is 13.1 Å². The molecule has 0 spiro atoms. The summed E-state index contributed by atoms with van der Waals surface area (Å²) in [5.74, 6) is 0. The van der Waals surface area contributed by atoms with Crippen molar-refractivity contribution < 1.29 is 0 Å². The number of aryl methyl sites for hydroxylation is 1. The lowest BCUT2D eigenvalue weighted by atomic mass is 10.0. The van der Waals surface area contributed by atoms with Gasteiger partial charge < -0.3 is 4.40 Å². The minimum absolute atomic E-state index is 0.549. The number of hydrogen-bond donors (Lipinski definition) is 0. The number of nitrogens with zero attached hydrogens (tertiary/aromatic N) is 5. The van der Waals surface area contributed by atoms with Gasteiger partial charge in [-0.3, -0.25) is 9.58 Å². The van der Waals surface area contributed by atoms with Gasteiger partial charge >= 0.3 is 0 Å². The number of hydrogen-bond acceptors (Lipinski definition) is 3. The predicted molar refractivity (Wildman–Crippen MR) is 90.2 cm³/mol. The second-order valence-corrected chi connectivity index (χ2v) is 6.56. The van der Waals surface area contributed by atoms with Crippen LogP contribution >= 0.6 is 0 Å². The van der Waals surface area contributed by atoms with Crippen molar-refractivity contribution >= 4 is 5.65 Å². The average Bonchev–Trinajstić information content (AvgIpc) is 3.14. The first-order valence-electron chi connectivity index (χ1n) is 8.44. The summed E-state index contributed by atoms with van der Waals surface area (Å²) >= 11 is 0. The van der Waals surface area contributed by atoms with E-state index in [1.54, 1.807) is 0 Å². The molecule has 0 aromatic carbocycles. The number of imidazole rings is 1. The third-order valence-electron chi connectivity index (χ3n) is 4.69. The van der Waals surface area contributed by atoms with Crippen molar-refractivity contribution in [2.45, 2.75) is 45.3 Å². The Kier molecular flexibility index (Phi) is 3.87.